The fraction of sp³-hybridized carbons (Fsp3) is 0.333. The Balaban J connectivity index is 2.34. The molecule has 0 saturated heterocycles. The normalized spacial score (nSPS) is 11.5. The van der Waals surface area contributed by atoms with Crippen LogP contribution >= 0.6 is 11.3 Å². The molecule has 1 heterocycles. The Bertz CT molecular complexity index is 688. The number of carbonyl (C=O) groups excluding carboxylic acids is 1. The van der Waals surface area contributed by atoms with Crippen molar-refractivity contribution in [2.24, 2.45) is 12.0 Å². The van der Waals surface area contributed by atoms with Crippen LogP contribution in [0.2, 0.25) is 0 Å². The lowest BCUT2D eigenvalue weighted by Crippen LogP contribution is -2.12. The molecule has 112 valence electrons. The second-order valence-electron chi connectivity index (χ2n) is 4.24. The van der Waals surface area contributed by atoms with Crippen LogP contribution in [0.3, 0.4) is 0 Å². The monoisotopic (exact) mass is 306 g/mol. The number of carbonyl (C=O) groups is 1. The van der Waals surface area contributed by atoms with Crippen LogP contribution in [-0.4, -0.2) is 23.7 Å². The molecule has 5 nitrogen and oxygen atoms in total. The van der Waals surface area contributed by atoms with Gasteiger partial charge in [-0.15, -0.1) is 11.3 Å². The molecule has 2 rings (SSSR count). The van der Waals surface area contributed by atoms with Gasteiger partial charge in [-0.1, -0.05) is 0 Å². The fourth-order valence-corrected chi connectivity index (χ4v) is 2.50. The van der Waals surface area contributed by atoms with Gasteiger partial charge in [0.25, 0.3) is 5.91 Å². The van der Waals surface area contributed by atoms with Crippen LogP contribution in [0.4, 0.5) is 0 Å². The first-order valence-electron chi connectivity index (χ1n) is 6.74. The van der Waals surface area contributed by atoms with E-state index in [9.17, 15) is 4.79 Å². The molecule has 0 fully saturated rings. The summed E-state index contributed by atoms with van der Waals surface area (Å²) in [5.41, 5.74) is 0.482. The number of aryl methyl sites for hydroxylation is 1. The molecule has 0 atom stereocenters. The predicted octanol–water partition coefficient (Wildman–Crippen LogP) is 2.63. The second-order valence-corrected chi connectivity index (χ2v) is 5.11. The summed E-state index contributed by atoms with van der Waals surface area (Å²) in [4.78, 5) is 17.0. The molecule has 21 heavy (non-hydrogen) atoms. The maximum absolute atomic E-state index is 12.2. The Morgan fingerprint density at radius 2 is 1.95 bits per heavy atom. The summed E-state index contributed by atoms with van der Waals surface area (Å²) in [6.45, 7) is 4.85. The molecule has 6 heteroatoms. The predicted molar refractivity (Wildman–Crippen MR) is 82.0 cm³/mol. The molecule has 0 aliphatic rings. The van der Waals surface area contributed by atoms with Crippen LogP contribution in [-0.2, 0) is 7.05 Å². The summed E-state index contributed by atoms with van der Waals surface area (Å²) in [6.07, 6.45) is 1.86. The maximum Gasteiger partial charge on any atom is 0.279 e. The van der Waals surface area contributed by atoms with Crippen LogP contribution in [0.5, 0.6) is 11.5 Å². The zero-order valence-corrected chi connectivity index (χ0v) is 13.1. The third kappa shape index (κ3) is 3.72. The number of amides is 1. The summed E-state index contributed by atoms with van der Waals surface area (Å²) in [7, 11) is 1.85. The minimum Gasteiger partial charge on any atom is -0.490 e. The largest absolute Gasteiger partial charge is 0.490 e. The highest BCUT2D eigenvalue weighted by Crippen LogP contribution is 2.28. The van der Waals surface area contributed by atoms with E-state index in [0.717, 1.165) is 0 Å². The van der Waals surface area contributed by atoms with Crippen LogP contribution in [0.15, 0.2) is 34.8 Å². The van der Waals surface area contributed by atoms with Gasteiger partial charge in [0.1, 0.15) is 0 Å². The molecule has 0 unspecified atom stereocenters. The van der Waals surface area contributed by atoms with Crippen molar-refractivity contribution in [3.8, 4) is 11.5 Å². The smallest absolute Gasteiger partial charge is 0.279 e. The Hall–Kier alpha value is -2.08. The first kappa shape index (κ1) is 15.3. The van der Waals surface area contributed by atoms with Crippen molar-refractivity contribution in [1.82, 2.24) is 4.57 Å². The van der Waals surface area contributed by atoms with Gasteiger partial charge in [0.05, 0.1) is 13.2 Å². The highest BCUT2D eigenvalue weighted by atomic mass is 32.1. The van der Waals surface area contributed by atoms with E-state index >= 15 is 0 Å². The van der Waals surface area contributed by atoms with Crippen LogP contribution in [0, 0.1) is 0 Å². The highest BCUT2D eigenvalue weighted by Gasteiger charge is 2.11. The van der Waals surface area contributed by atoms with Gasteiger partial charge in [-0.3, -0.25) is 4.79 Å². The van der Waals surface area contributed by atoms with E-state index < -0.39 is 0 Å². The molecule has 0 N–H and O–H groups in total. The summed E-state index contributed by atoms with van der Waals surface area (Å²) in [6, 6.07) is 5.12. The van der Waals surface area contributed by atoms with E-state index in [2.05, 4.69) is 4.99 Å². The van der Waals surface area contributed by atoms with Gasteiger partial charge in [-0.2, -0.15) is 4.99 Å². The maximum atomic E-state index is 12.2. The minimum absolute atomic E-state index is 0.294. The second kappa shape index (κ2) is 7.08. The average Bonchev–Trinajstić information content (AvgIpc) is 2.86. The fourth-order valence-electron chi connectivity index (χ4n) is 1.77. The average molecular weight is 306 g/mol. The summed E-state index contributed by atoms with van der Waals surface area (Å²) in [5, 5.41) is 1.88. The molecular formula is C15H18N2O3S. The minimum atomic E-state index is -0.294. The van der Waals surface area contributed by atoms with E-state index in [0.29, 0.717) is 35.1 Å². The number of hydrogen-bond donors (Lipinski definition) is 0. The van der Waals surface area contributed by atoms with E-state index in [4.69, 9.17) is 9.47 Å². The molecule has 0 aliphatic carbocycles. The van der Waals surface area contributed by atoms with Gasteiger partial charge in [0.15, 0.2) is 16.3 Å². The molecule has 0 radical (unpaired) electrons. The van der Waals surface area contributed by atoms with Crippen molar-refractivity contribution in [3.63, 3.8) is 0 Å². The standard InChI is InChI=1S/C15H18N2O3S/c1-4-19-12-7-6-11(10-13(12)20-5-2)14(18)16-15-17(3)8-9-21-15/h6-10H,4-5H2,1-3H3. The Morgan fingerprint density at radius 3 is 2.57 bits per heavy atom. The Morgan fingerprint density at radius 1 is 1.24 bits per heavy atom. The van der Waals surface area contributed by atoms with Gasteiger partial charge in [-0.25, -0.2) is 0 Å². The van der Waals surface area contributed by atoms with Crippen LogP contribution < -0.4 is 14.3 Å². The number of ether oxygens (including phenoxy) is 2. The number of nitrogens with zero attached hydrogens (tertiary/aromatic N) is 2. The first-order chi connectivity index (χ1) is 10.2. The highest BCUT2D eigenvalue weighted by molar-refractivity contribution is 7.07. The zero-order chi connectivity index (χ0) is 15.2. The van der Waals surface area contributed by atoms with Gasteiger partial charge in [-0.05, 0) is 32.0 Å². The molecule has 1 aromatic carbocycles. The van der Waals surface area contributed by atoms with E-state index in [-0.39, 0.29) is 5.91 Å². The van der Waals surface area contributed by atoms with Crippen LogP contribution in [0.25, 0.3) is 0 Å². The number of rotatable bonds is 5. The first-order valence-corrected chi connectivity index (χ1v) is 7.62. The van der Waals surface area contributed by atoms with Crippen molar-refractivity contribution in [3.05, 3.63) is 40.1 Å². The number of aromatic nitrogens is 1. The summed E-state index contributed by atoms with van der Waals surface area (Å²) >= 11 is 1.42. The van der Waals surface area contributed by atoms with Crippen molar-refractivity contribution in [2.75, 3.05) is 13.2 Å². The molecule has 1 amide bonds. The lowest BCUT2D eigenvalue weighted by Gasteiger charge is -2.11. The molecule has 0 aliphatic heterocycles. The van der Waals surface area contributed by atoms with E-state index in [1.807, 2.05) is 32.5 Å². The molecule has 0 bridgehead atoms. The van der Waals surface area contributed by atoms with E-state index in [1.165, 1.54) is 11.3 Å². The molecule has 0 spiro atoms. The summed E-state index contributed by atoms with van der Waals surface area (Å²) in [5.74, 6) is 0.908. The van der Waals surface area contributed by atoms with Crippen molar-refractivity contribution in [1.29, 1.82) is 0 Å². The van der Waals surface area contributed by atoms with Gasteiger partial charge >= 0.3 is 0 Å². The molecule has 2 aromatic rings. The van der Waals surface area contributed by atoms with E-state index in [1.54, 1.807) is 22.8 Å². The Kier molecular flexibility index (Phi) is 5.16. The van der Waals surface area contributed by atoms with Crippen LogP contribution in [0.1, 0.15) is 24.2 Å². The SMILES string of the molecule is CCOc1ccc(C(=O)N=c2sccn2C)cc1OCC. The number of thiazole rings is 1. The van der Waals surface area contributed by atoms with Crippen molar-refractivity contribution >= 4 is 17.2 Å². The molecule has 1 aromatic heterocycles. The van der Waals surface area contributed by atoms with Crippen molar-refractivity contribution in [2.45, 2.75) is 13.8 Å². The zero-order valence-electron chi connectivity index (χ0n) is 12.3. The van der Waals surface area contributed by atoms with Gasteiger partial charge < -0.3 is 14.0 Å². The Labute approximate surface area is 127 Å². The number of benzene rings is 1. The topological polar surface area (TPSA) is 52.8 Å². The third-order valence-corrected chi connectivity index (χ3v) is 3.60. The lowest BCUT2D eigenvalue weighted by molar-refractivity contribution is 0.0997. The summed E-state index contributed by atoms with van der Waals surface area (Å²) < 4.78 is 12.8. The quantitative estimate of drug-likeness (QED) is 0.853. The van der Waals surface area contributed by atoms with Gasteiger partial charge in [0.2, 0.25) is 0 Å². The molecular weight excluding hydrogens is 288 g/mol. The number of hydrogen-bond acceptors (Lipinski definition) is 4. The lowest BCUT2D eigenvalue weighted by atomic mass is 10.2. The molecule has 0 saturated carbocycles. The third-order valence-electron chi connectivity index (χ3n) is 2.75. The van der Waals surface area contributed by atoms with Crippen molar-refractivity contribution < 1.29 is 14.3 Å². The van der Waals surface area contributed by atoms with Gasteiger partial charge in [0, 0.05) is 24.2 Å².